The Kier molecular flexibility index (Phi) is 7.42. The van der Waals surface area contributed by atoms with Crippen molar-refractivity contribution in [2.45, 2.75) is 19.8 Å². The van der Waals surface area contributed by atoms with Crippen LogP contribution in [0.15, 0.2) is 18.3 Å². The Labute approximate surface area is 134 Å². The van der Waals surface area contributed by atoms with Crippen LogP contribution in [0.1, 0.15) is 30.1 Å². The van der Waals surface area contributed by atoms with E-state index in [2.05, 4.69) is 10.3 Å². The van der Waals surface area contributed by atoms with Crippen molar-refractivity contribution in [1.82, 2.24) is 15.0 Å². The van der Waals surface area contributed by atoms with Crippen LogP contribution in [0.2, 0.25) is 0 Å². The van der Waals surface area contributed by atoms with E-state index >= 15 is 0 Å². The lowest BCUT2D eigenvalue weighted by Crippen LogP contribution is -2.32. The molecule has 1 aromatic heterocycles. The lowest BCUT2D eigenvalue weighted by molar-refractivity contribution is 0.0980. The van der Waals surface area contributed by atoms with E-state index in [1.54, 1.807) is 0 Å². The Morgan fingerprint density at radius 1 is 1.39 bits per heavy atom. The maximum atomic E-state index is 11.9. The second-order valence-electron chi connectivity index (χ2n) is 4.53. The summed E-state index contributed by atoms with van der Waals surface area (Å²) in [5, 5.41) is 10.8. The maximum Gasteiger partial charge on any atom is 0.414 e. The van der Waals surface area contributed by atoms with Gasteiger partial charge in [0.2, 0.25) is 15.9 Å². The highest BCUT2D eigenvalue weighted by Crippen LogP contribution is 2.10. The SMILES string of the molecule is CCCCS(=O)(=O)NC(=O)c1ccnc(OC(=O)NCCO)c1. The first-order valence-corrected chi connectivity index (χ1v) is 8.60. The van der Waals surface area contributed by atoms with E-state index in [4.69, 9.17) is 9.84 Å². The third kappa shape index (κ3) is 7.06. The number of unbranched alkanes of at least 4 members (excludes halogenated alkanes) is 1. The molecule has 0 aliphatic carbocycles. The highest BCUT2D eigenvalue weighted by Gasteiger charge is 2.16. The van der Waals surface area contributed by atoms with Gasteiger partial charge in [-0.05, 0) is 12.5 Å². The molecule has 0 fully saturated rings. The van der Waals surface area contributed by atoms with Crippen molar-refractivity contribution in [3.05, 3.63) is 23.9 Å². The largest absolute Gasteiger partial charge is 0.414 e. The number of hydrogen-bond donors (Lipinski definition) is 3. The summed E-state index contributed by atoms with van der Waals surface area (Å²) in [5.74, 6) is -1.14. The number of hydrogen-bond acceptors (Lipinski definition) is 7. The number of aliphatic hydroxyl groups excluding tert-OH is 1. The topological polar surface area (TPSA) is 135 Å². The number of rotatable bonds is 8. The molecule has 1 heterocycles. The van der Waals surface area contributed by atoms with E-state index in [1.807, 2.05) is 11.6 Å². The number of ether oxygens (including phenoxy) is 1. The van der Waals surface area contributed by atoms with Crippen LogP contribution in [0.3, 0.4) is 0 Å². The molecule has 0 radical (unpaired) electrons. The Morgan fingerprint density at radius 3 is 2.78 bits per heavy atom. The van der Waals surface area contributed by atoms with Crippen LogP contribution in [0.25, 0.3) is 0 Å². The van der Waals surface area contributed by atoms with Gasteiger partial charge in [0.1, 0.15) is 0 Å². The fraction of sp³-hybridized carbons (Fsp3) is 0.462. The standard InChI is InChI=1S/C13H19N3O6S/c1-2-3-8-23(20,21)16-12(18)10-4-5-14-11(9-10)22-13(19)15-6-7-17/h4-5,9,17H,2-3,6-8H2,1H3,(H,15,19)(H,16,18). The van der Waals surface area contributed by atoms with Gasteiger partial charge in [-0.3, -0.25) is 4.79 Å². The van der Waals surface area contributed by atoms with Gasteiger partial charge in [-0.2, -0.15) is 0 Å². The monoisotopic (exact) mass is 345 g/mol. The second kappa shape index (κ2) is 9.06. The minimum Gasteiger partial charge on any atom is -0.395 e. The maximum absolute atomic E-state index is 11.9. The molecule has 3 N–H and O–H groups in total. The van der Waals surface area contributed by atoms with Crippen LogP contribution in [-0.2, 0) is 10.0 Å². The summed E-state index contributed by atoms with van der Waals surface area (Å²) in [5.41, 5.74) is -0.00923. The summed E-state index contributed by atoms with van der Waals surface area (Å²) in [4.78, 5) is 27.0. The Bertz CT molecular complexity index is 647. The number of sulfonamides is 1. The molecule has 2 amide bonds. The van der Waals surface area contributed by atoms with Gasteiger partial charge < -0.3 is 15.2 Å². The normalized spacial score (nSPS) is 10.9. The zero-order valence-corrected chi connectivity index (χ0v) is 13.4. The number of aromatic nitrogens is 1. The van der Waals surface area contributed by atoms with Gasteiger partial charge in [0.15, 0.2) is 0 Å². The fourth-order valence-corrected chi connectivity index (χ4v) is 2.65. The van der Waals surface area contributed by atoms with E-state index in [0.29, 0.717) is 12.8 Å². The average molecular weight is 345 g/mol. The minimum atomic E-state index is -3.71. The van der Waals surface area contributed by atoms with Crippen molar-refractivity contribution in [3.8, 4) is 5.88 Å². The molecule has 0 aliphatic heterocycles. The third-order valence-corrected chi connectivity index (χ3v) is 3.91. The summed E-state index contributed by atoms with van der Waals surface area (Å²) < 4.78 is 30.1. The minimum absolute atomic E-state index is 0.00861. The van der Waals surface area contributed by atoms with E-state index in [0.717, 1.165) is 6.07 Å². The van der Waals surface area contributed by atoms with Crippen molar-refractivity contribution in [1.29, 1.82) is 0 Å². The molecule has 0 saturated carbocycles. The van der Waals surface area contributed by atoms with E-state index in [-0.39, 0.29) is 30.3 Å². The second-order valence-corrected chi connectivity index (χ2v) is 6.37. The van der Waals surface area contributed by atoms with Crippen LogP contribution < -0.4 is 14.8 Å². The van der Waals surface area contributed by atoms with Crippen LogP contribution >= 0.6 is 0 Å². The van der Waals surface area contributed by atoms with E-state index in [1.165, 1.54) is 12.3 Å². The Hall–Kier alpha value is -2.20. The lowest BCUT2D eigenvalue weighted by Gasteiger charge is -2.08. The number of pyridine rings is 1. The lowest BCUT2D eigenvalue weighted by atomic mass is 10.2. The Morgan fingerprint density at radius 2 is 2.13 bits per heavy atom. The zero-order valence-electron chi connectivity index (χ0n) is 12.6. The van der Waals surface area contributed by atoms with Crippen molar-refractivity contribution in [3.63, 3.8) is 0 Å². The number of aliphatic hydroxyl groups is 1. The molecule has 23 heavy (non-hydrogen) atoms. The first kappa shape index (κ1) is 18.8. The molecule has 0 unspecified atom stereocenters. The quantitative estimate of drug-likeness (QED) is 0.604. The molecule has 9 nitrogen and oxygen atoms in total. The van der Waals surface area contributed by atoms with Gasteiger partial charge in [0.25, 0.3) is 5.91 Å². The molecule has 0 aromatic carbocycles. The van der Waals surface area contributed by atoms with Crippen molar-refractivity contribution in [2.24, 2.45) is 0 Å². The number of nitrogens with zero attached hydrogens (tertiary/aromatic N) is 1. The highest BCUT2D eigenvalue weighted by molar-refractivity contribution is 7.90. The summed E-state index contributed by atoms with van der Waals surface area (Å²) in [6, 6.07) is 2.44. The van der Waals surface area contributed by atoms with Gasteiger partial charge >= 0.3 is 6.09 Å². The zero-order chi connectivity index (χ0) is 17.3. The van der Waals surface area contributed by atoms with Crippen LogP contribution in [0.4, 0.5) is 4.79 Å². The molecule has 0 atom stereocenters. The van der Waals surface area contributed by atoms with Gasteiger partial charge in [-0.1, -0.05) is 13.3 Å². The summed E-state index contributed by atoms with van der Waals surface area (Å²) >= 11 is 0. The predicted molar refractivity (Wildman–Crippen MR) is 81.5 cm³/mol. The van der Waals surface area contributed by atoms with Crippen molar-refractivity contribution in [2.75, 3.05) is 18.9 Å². The summed E-state index contributed by atoms with van der Waals surface area (Å²) in [6.07, 6.45) is 1.49. The smallest absolute Gasteiger partial charge is 0.395 e. The third-order valence-electron chi connectivity index (χ3n) is 2.59. The Balaban J connectivity index is 2.72. The van der Waals surface area contributed by atoms with Gasteiger partial charge in [0.05, 0.1) is 12.4 Å². The van der Waals surface area contributed by atoms with Crippen molar-refractivity contribution >= 4 is 22.0 Å². The highest BCUT2D eigenvalue weighted by atomic mass is 32.2. The molecule has 10 heteroatoms. The molecular weight excluding hydrogens is 326 g/mol. The van der Waals surface area contributed by atoms with Crippen LogP contribution in [0, 0.1) is 0 Å². The number of carbonyl (C=O) groups is 2. The van der Waals surface area contributed by atoms with E-state index in [9.17, 15) is 18.0 Å². The molecule has 1 rings (SSSR count). The van der Waals surface area contributed by atoms with Crippen LogP contribution in [-0.4, -0.2) is 49.4 Å². The first-order chi connectivity index (χ1) is 10.9. The number of amides is 2. The predicted octanol–water partition coefficient (Wildman–Crippen LogP) is 0.0220. The molecule has 0 bridgehead atoms. The van der Waals surface area contributed by atoms with Crippen LogP contribution in [0.5, 0.6) is 5.88 Å². The van der Waals surface area contributed by atoms with E-state index < -0.39 is 22.0 Å². The number of nitrogens with one attached hydrogen (secondary N) is 2. The first-order valence-electron chi connectivity index (χ1n) is 6.95. The molecule has 1 aromatic rings. The summed E-state index contributed by atoms with van der Waals surface area (Å²) in [7, 11) is -3.71. The fourth-order valence-electron chi connectivity index (χ4n) is 1.48. The average Bonchev–Trinajstić information content (AvgIpc) is 2.51. The molecule has 0 spiro atoms. The van der Waals surface area contributed by atoms with Crippen molar-refractivity contribution < 1.29 is 27.9 Å². The molecular formula is C13H19N3O6S. The molecule has 128 valence electrons. The molecule has 0 aliphatic rings. The van der Waals surface area contributed by atoms with Gasteiger partial charge in [-0.25, -0.2) is 22.9 Å². The van der Waals surface area contributed by atoms with Gasteiger partial charge in [0, 0.05) is 24.4 Å². The molecule has 0 saturated heterocycles. The van der Waals surface area contributed by atoms with Gasteiger partial charge in [-0.15, -0.1) is 0 Å². The number of carbonyl (C=O) groups excluding carboxylic acids is 2. The summed E-state index contributed by atoms with van der Waals surface area (Å²) in [6.45, 7) is 1.60.